The molecule has 0 heterocycles. The number of hydrogen-bond acceptors (Lipinski definition) is 4. The highest BCUT2D eigenvalue weighted by Gasteiger charge is 2.09. The molecule has 0 radical (unpaired) electrons. The Balaban J connectivity index is 3.85. The lowest BCUT2D eigenvalue weighted by Gasteiger charge is -2.19. The summed E-state index contributed by atoms with van der Waals surface area (Å²) in [6.45, 7) is 9.65. The van der Waals surface area contributed by atoms with Crippen molar-refractivity contribution in [3.8, 4) is 0 Å². The van der Waals surface area contributed by atoms with Crippen LogP contribution in [0.1, 0.15) is 194 Å². The van der Waals surface area contributed by atoms with Crippen molar-refractivity contribution in [2.24, 2.45) is 0 Å². The lowest BCUT2D eigenvalue weighted by molar-refractivity contribution is -0.148. The van der Waals surface area contributed by atoms with Gasteiger partial charge in [-0.2, -0.15) is 0 Å². The van der Waals surface area contributed by atoms with Gasteiger partial charge in [-0.05, 0) is 51.0 Å². The quantitative estimate of drug-likeness (QED) is 0.0418. The van der Waals surface area contributed by atoms with Gasteiger partial charge in [0.25, 0.3) is 0 Å². The minimum Gasteiger partial charge on any atom is -0.475 e. The molecule has 41 heavy (non-hydrogen) atoms. The summed E-state index contributed by atoms with van der Waals surface area (Å²) >= 11 is 0. The van der Waals surface area contributed by atoms with E-state index in [1.807, 2.05) is 0 Å². The van der Waals surface area contributed by atoms with Gasteiger partial charge >= 0.3 is 0 Å². The van der Waals surface area contributed by atoms with Gasteiger partial charge in [0.1, 0.15) is 0 Å². The predicted octanol–water partition coefficient (Wildman–Crippen LogP) is 12.4. The number of rotatable bonds is 36. The molecule has 0 atom stereocenters. The third-order valence-corrected chi connectivity index (χ3v) is 7.90. The van der Waals surface area contributed by atoms with Gasteiger partial charge in [0.2, 0.25) is 0 Å². The Labute approximate surface area is 258 Å². The monoisotopic (exact) mass is 583 g/mol. The van der Waals surface area contributed by atoms with Crippen molar-refractivity contribution in [3.05, 3.63) is 12.3 Å². The molecule has 0 aliphatic carbocycles. The second kappa shape index (κ2) is 37.4. The molecule has 0 spiro atoms. The van der Waals surface area contributed by atoms with Crippen LogP contribution in [-0.4, -0.2) is 32.9 Å². The molecule has 246 valence electrons. The second-order valence-corrected chi connectivity index (χ2v) is 12.1. The molecule has 0 rings (SSSR count). The zero-order valence-electron chi connectivity index (χ0n) is 28.3. The molecule has 0 aromatic carbocycles. The van der Waals surface area contributed by atoms with Gasteiger partial charge in [0.15, 0.2) is 13.1 Å². The normalized spacial score (nSPS) is 11.8. The first-order chi connectivity index (χ1) is 20.3. The minimum atomic E-state index is 0.00941. The Bertz CT molecular complexity index is 460. The van der Waals surface area contributed by atoms with Gasteiger partial charge in [-0.1, -0.05) is 149 Å². The van der Waals surface area contributed by atoms with Crippen LogP contribution in [0, 0.1) is 0 Å². The minimum absolute atomic E-state index is 0.00941. The fourth-order valence-corrected chi connectivity index (χ4v) is 5.10. The lowest BCUT2D eigenvalue weighted by atomic mass is 10.1. The van der Waals surface area contributed by atoms with E-state index in [1.165, 1.54) is 148 Å². The van der Waals surface area contributed by atoms with Gasteiger partial charge in [-0.3, -0.25) is 0 Å². The Kier molecular flexibility index (Phi) is 36.9. The molecule has 0 aliphatic rings. The smallest absolute Gasteiger partial charge is 0.188 e. The molecule has 0 unspecified atom stereocenters. The molecule has 4 nitrogen and oxygen atoms in total. The molecule has 0 aliphatic heterocycles. The summed E-state index contributed by atoms with van der Waals surface area (Å²) in [6, 6.07) is 0. The second-order valence-electron chi connectivity index (χ2n) is 12.1. The number of ether oxygens (including phenoxy) is 4. The highest BCUT2D eigenvalue weighted by Crippen LogP contribution is 2.15. The van der Waals surface area contributed by atoms with Crippen LogP contribution in [0.4, 0.5) is 0 Å². The first kappa shape index (κ1) is 40.4. The molecule has 0 saturated carbocycles. The molecule has 0 aromatic rings. The highest BCUT2D eigenvalue weighted by molar-refractivity contribution is 4.72. The third-order valence-electron chi connectivity index (χ3n) is 7.90. The van der Waals surface area contributed by atoms with Crippen LogP contribution in [0.3, 0.4) is 0 Å². The summed E-state index contributed by atoms with van der Waals surface area (Å²) in [5.41, 5.74) is 0. The molecule has 0 aromatic heterocycles. The summed E-state index contributed by atoms with van der Waals surface area (Å²) in [4.78, 5) is 0. The van der Waals surface area contributed by atoms with Crippen molar-refractivity contribution in [3.63, 3.8) is 0 Å². The molecule has 0 fully saturated rings. The standard InChI is InChI=1S/C37H74O4/c1-4-7-10-12-14-21-25-29-34-40-37(41-35-30-26-22-15-13-11-8-5-2)31-27-23-19-17-16-18-20-24-28-33-39-36-38-32-9-6-3/h28,33,37H,4-27,29-32,34-36H2,1-3H3. The molecule has 0 amide bonds. The van der Waals surface area contributed by atoms with E-state index >= 15 is 0 Å². The van der Waals surface area contributed by atoms with Crippen molar-refractivity contribution in [2.75, 3.05) is 26.6 Å². The van der Waals surface area contributed by atoms with E-state index in [1.54, 1.807) is 6.26 Å². The van der Waals surface area contributed by atoms with Gasteiger partial charge in [0, 0.05) is 13.2 Å². The zero-order chi connectivity index (χ0) is 29.7. The van der Waals surface area contributed by atoms with E-state index in [2.05, 4.69) is 26.8 Å². The first-order valence-electron chi connectivity index (χ1n) is 18.4. The Hall–Kier alpha value is -0.580. The molecular weight excluding hydrogens is 508 g/mol. The average Bonchev–Trinajstić information content (AvgIpc) is 2.98. The maximum absolute atomic E-state index is 6.24. The van der Waals surface area contributed by atoms with E-state index in [-0.39, 0.29) is 6.29 Å². The van der Waals surface area contributed by atoms with E-state index < -0.39 is 0 Å². The van der Waals surface area contributed by atoms with Crippen LogP contribution in [-0.2, 0) is 18.9 Å². The lowest BCUT2D eigenvalue weighted by Crippen LogP contribution is -2.19. The Morgan fingerprint density at radius 3 is 1.39 bits per heavy atom. The van der Waals surface area contributed by atoms with Crippen molar-refractivity contribution in [1.82, 2.24) is 0 Å². The van der Waals surface area contributed by atoms with Crippen LogP contribution in [0.2, 0.25) is 0 Å². The summed E-state index contributed by atoms with van der Waals surface area (Å²) in [5.74, 6) is 0. The Morgan fingerprint density at radius 2 is 0.878 bits per heavy atom. The Morgan fingerprint density at radius 1 is 0.439 bits per heavy atom. The maximum atomic E-state index is 6.24. The van der Waals surface area contributed by atoms with Gasteiger partial charge in [-0.15, -0.1) is 0 Å². The topological polar surface area (TPSA) is 36.9 Å². The van der Waals surface area contributed by atoms with Crippen LogP contribution >= 0.6 is 0 Å². The third kappa shape index (κ3) is 35.5. The molecular formula is C37H74O4. The van der Waals surface area contributed by atoms with Crippen LogP contribution in [0.15, 0.2) is 12.3 Å². The highest BCUT2D eigenvalue weighted by atomic mass is 16.7. The molecule has 0 bridgehead atoms. The van der Waals surface area contributed by atoms with Crippen LogP contribution < -0.4 is 0 Å². The molecule has 0 N–H and O–H groups in total. The number of unbranched alkanes of at least 4 members (excludes halogenated alkanes) is 22. The summed E-state index contributed by atoms with van der Waals surface area (Å²) in [5, 5.41) is 0. The van der Waals surface area contributed by atoms with Crippen molar-refractivity contribution in [1.29, 1.82) is 0 Å². The average molecular weight is 583 g/mol. The van der Waals surface area contributed by atoms with Crippen LogP contribution in [0.25, 0.3) is 0 Å². The molecule has 0 saturated heterocycles. The first-order valence-corrected chi connectivity index (χ1v) is 18.4. The fraction of sp³-hybridized carbons (Fsp3) is 0.946. The van der Waals surface area contributed by atoms with E-state index in [4.69, 9.17) is 18.9 Å². The summed E-state index contributed by atoms with van der Waals surface area (Å²) < 4.78 is 23.2. The van der Waals surface area contributed by atoms with Crippen molar-refractivity contribution >= 4 is 0 Å². The molecule has 4 heteroatoms. The summed E-state index contributed by atoms with van der Waals surface area (Å²) in [7, 11) is 0. The largest absolute Gasteiger partial charge is 0.475 e. The van der Waals surface area contributed by atoms with E-state index in [0.717, 1.165) is 45.5 Å². The van der Waals surface area contributed by atoms with Crippen LogP contribution in [0.5, 0.6) is 0 Å². The number of allylic oxidation sites excluding steroid dienone is 1. The fourth-order valence-electron chi connectivity index (χ4n) is 5.10. The van der Waals surface area contributed by atoms with E-state index in [0.29, 0.717) is 6.79 Å². The summed E-state index contributed by atoms with van der Waals surface area (Å²) in [6.07, 6.45) is 39.0. The van der Waals surface area contributed by atoms with Gasteiger partial charge in [-0.25, -0.2) is 0 Å². The van der Waals surface area contributed by atoms with Crippen molar-refractivity contribution in [2.45, 2.75) is 200 Å². The van der Waals surface area contributed by atoms with Crippen molar-refractivity contribution < 1.29 is 18.9 Å². The van der Waals surface area contributed by atoms with Gasteiger partial charge < -0.3 is 18.9 Å². The predicted molar refractivity (Wildman–Crippen MR) is 178 cm³/mol. The zero-order valence-corrected chi connectivity index (χ0v) is 28.3. The van der Waals surface area contributed by atoms with E-state index in [9.17, 15) is 0 Å². The van der Waals surface area contributed by atoms with Gasteiger partial charge in [0.05, 0.1) is 12.9 Å². The maximum Gasteiger partial charge on any atom is 0.188 e. The SMILES string of the molecule is CCCCCCCCCCOC(CCCCCCCCCC=COCOCCCC)OCCCCCCCCCC. The number of hydrogen-bond donors (Lipinski definition) is 0.